The van der Waals surface area contributed by atoms with E-state index in [0.717, 1.165) is 32.1 Å². The van der Waals surface area contributed by atoms with Crippen LogP contribution in [0.1, 0.15) is 20.3 Å². The molecule has 0 atom stereocenters. The van der Waals surface area contributed by atoms with Crippen LogP contribution in [0.4, 0.5) is 0 Å². The summed E-state index contributed by atoms with van der Waals surface area (Å²) in [6, 6.07) is 0. The standard InChI is InChI=1S/C12H29N3/c1-12(2)11-13-7-6-8-15(5)10-9-14(3)4/h12-13H,6-11H2,1-5H3. The normalized spacial score (nSPS) is 12.0. The molecule has 0 aromatic carbocycles. The Balaban J connectivity index is 3.20. The van der Waals surface area contributed by atoms with Crippen molar-refractivity contribution in [2.24, 2.45) is 5.92 Å². The van der Waals surface area contributed by atoms with Crippen LogP contribution in [0.25, 0.3) is 0 Å². The third-order valence-electron chi connectivity index (χ3n) is 2.37. The summed E-state index contributed by atoms with van der Waals surface area (Å²) in [4.78, 5) is 4.63. The summed E-state index contributed by atoms with van der Waals surface area (Å²) in [5.41, 5.74) is 0. The highest BCUT2D eigenvalue weighted by atomic mass is 15.1. The molecule has 0 aliphatic heterocycles. The molecule has 0 bridgehead atoms. The van der Waals surface area contributed by atoms with Crippen molar-refractivity contribution in [2.75, 3.05) is 53.9 Å². The summed E-state index contributed by atoms with van der Waals surface area (Å²) >= 11 is 0. The van der Waals surface area contributed by atoms with Gasteiger partial charge in [0.25, 0.3) is 0 Å². The second kappa shape index (κ2) is 9.13. The smallest absolute Gasteiger partial charge is 0.0106 e. The Kier molecular flexibility index (Phi) is 9.06. The SMILES string of the molecule is CC(C)CNCCCN(C)CCN(C)C. The number of nitrogens with one attached hydrogen (secondary N) is 1. The molecule has 0 saturated heterocycles. The van der Waals surface area contributed by atoms with E-state index in [2.05, 4.69) is 50.1 Å². The van der Waals surface area contributed by atoms with E-state index < -0.39 is 0 Å². The Bertz CT molecular complexity index is 135. The summed E-state index contributed by atoms with van der Waals surface area (Å²) in [6.07, 6.45) is 1.25. The first-order chi connectivity index (χ1) is 7.02. The fourth-order valence-corrected chi connectivity index (χ4v) is 1.35. The van der Waals surface area contributed by atoms with Gasteiger partial charge in [0.1, 0.15) is 0 Å². The van der Waals surface area contributed by atoms with Crippen molar-refractivity contribution in [3.8, 4) is 0 Å². The zero-order valence-electron chi connectivity index (χ0n) is 11.2. The van der Waals surface area contributed by atoms with Crippen molar-refractivity contribution in [1.29, 1.82) is 0 Å². The minimum atomic E-state index is 0.761. The van der Waals surface area contributed by atoms with Gasteiger partial charge in [-0.3, -0.25) is 0 Å². The van der Waals surface area contributed by atoms with Gasteiger partial charge in [-0.15, -0.1) is 0 Å². The average molecular weight is 215 g/mol. The molecule has 0 spiro atoms. The number of rotatable bonds is 9. The molecule has 0 aromatic heterocycles. The van der Waals surface area contributed by atoms with Crippen LogP contribution in [-0.2, 0) is 0 Å². The fraction of sp³-hybridized carbons (Fsp3) is 1.00. The van der Waals surface area contributed by atoms with Crippen LogP contribution in [-0.4, -0.2) is 63.7 Å². The van der Waals surface area contributed by atoms with Crippen LogP contribution in [0, 0.1) is 5.92 Å². The molecule has 0 amide bonds. The first-order valence-electron chi connectivity index (χ1n) is 6.06. The van der Waals surface area contributed by atoms with Crippen molar-refractivity contribution in [3.63, 3.8) is 0 Å². The van der Waals surface area contributed by atoms with Crippen LogP contribution in [0.2, 0.25) is 0 Å². The highest BCUT2D eigenvalue weighted by molar-refractivity contribution is 4.57. The second-order valence-electron chi connectivity index (χ2n) is 5.06. The van der Waals surface area contributed by atoms with Gasteiger partial charge in [-0.2, -0.15) is 0 Å². The first-order valence-corrected chi connectivity index (χ1v) is 6.06. The first kappa shape index (κ1) is 14.9. The average Bonchev–Trinajstić information content (AvgIpc) is 2.13. The topological polar surface area (TPSA) is 18.5 Å². The number of hydrogen-bond donors (Lipinski definition) is 1. The molecule has 0 heterocycles. The monoisotopic (exact) mass is 215 g/mol. The molecule has 0 saturated carbocycles. The number of hydrogen-bond acceptors (Lipinski definition) is 3. The largest absolute Gasteiger partial charge is 0.316 e. The Morgan fingerprint density at radius 1 is 1.00 bits per heavy atom. The molecule has 15 heavy (non-hydrogen) atoms. The van der Waals surface area contributed by atoms with E-state index in [-0.39, 0.29) is 0 Å². The summed E-state index contributed by atoms with van der Waals surface area (Å²) < 4.78 is 0. The molecular weight excluding hydrogens is 186 g/mol. The lowest BCUT2D eigenvalue weighted by Gasteiger charge is -2.19. The minimum Gasteiger partial charge on any atom is -0.316 e. The summed E-state index contributed by atoms with van der Waals surface area (Å²) in [5, 5.41) is 3.47. The van der Waals surface area contributed by atoms with Gasteiger partial charge >= 0.3 is 0 Å². The highest BCUT2D eigenvalue weighted by Crippen LogP contribution is 1.89. The van der Waals surface area contributed by atoms with E-state index in [1.54, 1.807) is 0 Å². The Hall–Kier alpha value is -0.120. The van der Waals surface area contributed by atoms with Crippen molar-refractivity contribution < 1.29 is 0 Å². The fourth-order valence-electron chi connectivity index (χ4n) is 1.35. The molecule has 92 valence electrons. The van der Waals surface area contributed by atoms with E-state index in [1.807, 2.05) is 0 Å². The van der Waals surface area contributed by atoms with Crippen molar-refractivity contribution in [1.82, 2.24) is 15.1 Å². The van der Waals surface area contributed by atoms with Gasteiger partial charge in [0.05, 0.1) is 0 Å². The Morgan fingerprint density at radius 3 is 2.20 bits per heavy atom. The quantitative estimate of drug-likeness (QED) is 0.581. The lowest BCUT2D eigenvalue weighted by Crippen LogP contribution is -2.31. The van der Waals surface area contributed by atoms with Gasteiger partial charge in [-0.25, -0.2) is 0 Å². The molecule has 0 unspecified atom stereocenters. The predicted molar refractivity (Wildman–Crippen MR) is 68.4 cm³/mol. The third kappa shape index (κ3) is 11.8. The van der Waals surface area contributed by atoms with Gasteiger partial charge in [0, 0.05) is 13.1 Å². The molecule has 0 aromatic rings. The van der Waals surface area contributed by atoms with E-state index in [4.69, 9.17) is 0 Å². The van der Waals surface area contributed by atoms with Crippen molar-refractivity contribution in [3.05, 3.63) is 0 Å². The number of nitrogens with zero attached hydrogens (tertiary/aromatic N) is 2. The molecule has 1 N–H and O–H groups in total. The zero-order valence-corrected chi connectivity index (χ0v) is 11.2. The van der Waals surface area contributed by atoms with E-state index >= 15 is 0 Å². The molecular formula is C12H29N3. The molecule has 0 radical (unpaired) electrons. The van der Waals surface area contributed by atoms with Crippen LogP contribution in [0.15, 0.2) is 0 Å². The number of likely N-dealkylation sites (N-methyl/N-ethyl adjacent to an activating group) is 2. The highest BCUT2D eigenvalue weighted by Gasteiger charge is 1.99. The predicted octanol–water partition coefficient (Wildman–Crippen LogP) is 1.12. The molecule has 0 aliphatic carbocycles. The van der Waals surface area contributed by atoms with Crippen LogP contribution < -0.4 is 5.32 Å². The van der Waals surface area contributed by atoms with Crippen LogP contribution >= 0.6 is 0 Å². The third-order valence-corrected chi connectivity index (χ3v) is 2.37. The van der Waals surface area contributed by atoms with Gasteiger partial charge in [0.15, 0.2) is 0 Å². The van der Waals surface area contributed by atoms with E-state index in [0.29, 0.717) is 0 Å². The molecule has 0 fully saturated rings. The lowest BCUT2D eigenvalue weighted by molar-refractivity contribution is 0.278. The van der Waals surface area contributed by atoms with Crippen molar-refractivity contribution in [2.45, 2.75) is 20.3 Å². The van der Waals surface area contributed by atoms with Crippen molar-refractivity contribution >= 4 is 0 Å². The van der Waals surface area contributed by atoms with Gasteiger partial charge < -0.3 is 15.1 Å². The Labute approximate surface area is 95.8 Å². The zero-order chi connectivity index (χ0) is 11.7. The maximum Gasteiger partial charge on any atom is 0.0106 e. The molecule has 3 heteroatoms. The van der Waals surface area contributed by atoms with Gasteiger partial charge in [-0.05, 0) is 53.1 Å². The maximum atomic E-state index is 3.47. The summed E-state index contributed by atoms with van der Waals surface area (Å²) in [6.45, 7) is 10.3. The molecule has 0 rings (SSSR count). The van der Waals surface area contributed by atoms with E-state index in [9.17, 15) is 0 Å². The summed E-state index contributed by atoms with van der Waals surface area (Å²) in [5.74, 6) is 0.761. The minimum absolute atomic E-state index is 0.761. The lowest BCUT2D eigenvalue weighted by atomic mass is 10.2. The van der Waals surface area contributed by atoms with Crippen LogP contribution in [0.3, 0.4) is 0 Å². The molecule has 0 aliphatic rings. The second-order valence-corrected chi connectivity index (χ2v) is 5.06. The van der Waals surface area contributed by atoms with Gasteiger partial charge in [0.2, 0.25) is 0 Å². The van der Waals surface area contributed by atoms with Gasteiger partial charge in [-0.1, -0.05) is 13.8 Å². The van der Waals surface area contributed by atoms with E-state index in [1.165, 1.54) is 13.0 Å². The maximum absolute atomic E-state index is 3.47. The molecule has 3 nitrogen and oxygen atoms in total. The summed E-state index contributed by atoms with van der Waals surface area (Å²) in [7, 11) is 6.45. The van der Waals surface area contributed by atoms with Crippen LogP contribution in [0.5, 0.6) is 0 Å². The Morgan fingerprint density at radius 2 is 1.67 bits per heavy atom.